The quantitative estimate of drug-likeness (QED) is 0.424. The minimum absolute atomic E-state index is 0.0926. The third-order valence-electron chi connectivity index (χ3n) is 5.45. The van der Waals surface area contributed by atoms with Crippen LogP contribution in [0.5, 0.6) is 5.75 Å². The second-order valence-corrected chi connectivity index (χ2v) is 7.66. The smallest absolute Gasteiger partial charge is 0.336 e. The lowest BCUT2D eigenvalue weighted by molar-refractivity contribution is -0.147. The molecule has 0 fully saturated rings. The van der Waals surface area contributed by atoms with Gasteiger partial charge < -0.3 is 19.2 Å². The van der Waals surface area contributed by atoms with Crippen LogP contribution in [0.3, 0.4) is 0 Å². The minimum Gasteiger partial charge on any atom is -0.481 e. The Balaban J connectivity index is 1.82. The zero-order chi connectivity index (χ0) is 23.3. The number of hydrogen-bond acceptors (Lipinski definition) is 6. The summed E-state index contributed by atoms with van der Waals surface area (Å²) in [6.07, 6.45) is -0.185. The van der Waals surface area contributed by atoms with Crippen LogP contribution in [0.2, 0.25) is 0 Å². The van der Waals surface area contributed by atoms with Gasteiger partial charge in [-0.15, -0.1) is 0 Å². The zero-order valence-electron chi connectivity index (χ0n) is 18.6. The van der Waals surface area contributed by atoms with Crippen molar-refractivity contribution in [1.82, 2.24) is 5.32 Å². The van der Waals surface area contributed by atoms with E-state index in [0.29, 0.717) is 17.8 Å². The van der Waals surface area contributed by atoms with Gasteiger partial charge in [0, 0.05) is 17.5 Å². The third kappa shape index (κ3) is 5.17. The first-order chi connectivity index (χ1) is 15.3. The molecule has 3 rings (SSSR count). The van der Waals surface area contributed by atoms with Crippen LogP contribution in [-0.4, -0.2) is 31.1 Å². The fourth-order valence-electron chi connectivity index (χ4n) is 3.40. The molecule has 0 unspecified atom stereocenters. The van der Waals surface area contributed by atoms with Crippen molar-refractivity contribution in [3.63, 3.8) is 0 Å². The Bertz CT molecular complexity index is 1150. The minimum atomic E-state index is -0.882. The van der Waals surface area contributed by atoms with Crippen molar-refractivity contribution in [3.8, 4) is 16.9 Å². The van der Waals surface area contributed by atoms with E-state index in [1.807, 2.05) is 44.2 Å². The van der Waals surface area contributed by atoms with Gasteiger partial charge in [0.15, 0.2) is 6.10 Å². The van der Waals surface area contributed by atoms with Crippen molar-refractivity contribution < 1.29 is 23.5 Å². The number of rotatable bonds is 8. The summed E-state index contributed by atoms with van der Waals surface area (Å²) < 4.78 is 15.9. The number of hydrogen-bond donors (Lipinski definition) is 1. The van der Waals surface area contributed by atoms with E-state index in [1.54, 1.807) is 25.1 Å². The van der Waals surface area contributed by atoms with E-state index in [0.717, 1.165) is 16.5 Å². The molecule has 0 saturated carbocycles. The van der Waals surface area contributed by atoms with Gasteiger partial charge >= 0.3 is 11.6 Å². The summed E-state index contributed by atoms with van der Waals surface area (Å²) in [4.78, 5) is 36.8. The van der Waals surface area contributed by atoms with Gasteiger partial charge in [-0.1, -0.05) is 50.6 Å². The van der Waals surface area contributed by atoms with E-state index in [4.69, 9.17) is 13.9 Å². The molecular weight excluding hydrogens is 410 g/mol. The molecule has 0 aliphatic heterocycles. The number of benzene rings is 2. The molecule has 2 aromatic carbocycles. The number of fused-ring (bicyclic) bond motifs is 1. The summed E-state index contributed by atoms with van der Waals surface area (Å²) in [5, 5.41) is 3.46. The lowest BCUT2D eigenvalue weighted by atomic mass is 9.99. The van der Waals surface area contributed by atoms with Crippen molar-refractivity contribution >= 4 is 22.8 Å². The first-order valence-electron chi connectivity index (χ1n) is 10.5. The summed E-state index contributed by atoms with van der Waals surface area (Å²) in [7, 11) is 1.29. The van der Waals surface area contributed by atoms with Gasteiger partial charge in [0.2, 0.25) is 0 Å². The molecule has 0 saturated heterocycles. The van der Waals surface area contributed by atoms with Crippen LogP contribution in [0.4, 0.5) is 0 Å². The molecule has 3 aromatic rings. The number of carbonyl (C=O) groups is 2. The molecule has 0 aliphatic carbocycles. The molecule has 0 aliphatic rings. The van der Waals surface area contributed by atoms with Crippen molar-refractivity contribution in [2.45, 2.75) is 39.3 Å². The maximum Gasteiger partial charge on any atom is 0.336 e. The number of amides is 1. The molecule has 168 valence electrons. The standard InChI is InChI=1S/C25H27NO6/c1-5-15(2)23(25(29)30-4)26-24(28)16(3)31-18-11-12-19-20(17-9-7-6-8-10-17)14-22(27)32-21(19)13-18/h6-16,23H,5H2,1-4H3,(H,26,28)/t15-,16-,23+/m0/s1. The summed E-state index contributed by atoms with van der Waals surface area (Å²) in [6, 6.07) is 15.3. The van der Waals surface area contributed by atoms with Crippen LogP contribution in [0, 0.1) is 5.92 Å². The van der Waals surface area contributed by atoms with Gasteiger partial charge in [0.25, 0.3) is 5.91 Å². The number of nitrogens with one attached hydrogen (secondary N) is 1. The fraction of sp³-hybridized carbons (Fsp3) is 0.320. The number of esters is 1. The highest BCUT2D eigenvalue weighted by atomic mass is 16.5. The highest BCUT2D eigenvalue weighted by Gasteiger charge is 2.29. The molecule has 0 spiro atoms. The summed E-state index contributed by atoms with van der Waals surface area (Å²) >= 11 is 0. The van der Waals surface area contributed by atoms with Gasteiger partial charge in [-0.3, -0.25) is 4.79 Å². The summed E-state index contributed by atoms with van der Waals surface area (Å²) in [5.74, 6) is -0.669. The zero-order valence-corrected chi connectivity index (χ0v) is 18.6. The SMILES string of the molecule is CC[C@H](C)[C@@H](NC(=O)[C@H](C)Oc1ccc2c(-c3ccccc3)cc(=O)oc2c1)C(=O)OC. The Morgan fingerprint density at radius 1 is 1.06 bits per heavy atom. The maximum absolute atomic E-state index is 12.6. The van der Waals surface area contributed by atoms with E-state index in [-0.39, 0.29) is 5.92 Å². The molecule has 7 heteroatoms. The van der Waals surface area contributed by atoms with Gasteiger partial charge in [-0.25, -0.2) is 9.59 Å². The van der Waals surface area contributed by atoms with E-state index < -0.39 is 29.6 Å². The predicted octanol–water partition coefficient (Wildman–Crippen LogP) is 3.93. The Labute approximate surface area is 186 Å². The number of ether oxygens (including phenoxy) is 2. The van der Waals surface area contributed by atoms with Crippen LogP contribution in [0.15, 0.2) is 63.8 Å². The van der Waals surface area contributed by atoms with Crippen LogP contribution >= 0.6 is 0 Å². The molecular formula is C25H27NO6. The first kappa shape index (κ1) is 23.1. The van der Waals surface area contributed by atoms with Crippen molar-refractivity contribution in [2.75, 3.05) is 7.11 Å². The Morgan fingerprint density at radius 3 is 2.44 bits per heavy atom. The molecule has 1 heterocycles. The van der Waals surface area contributed by atoms with E-state index in [1.165, 1.54) is 13.2 Å². The molecule has 3 atom stereocenters. The van der Waals surface area contributed by atoms with E-state index in [2.05, 4.69) is 5.32 Å². The second kappa shape index (κ2) is 10.1. The van der Waals surface area contributed by atoms with E-state index >= 15 is 0 Å². The topological polar surface area (TPSA) is 94.8 Å². The maximum atomic E-state index is 12.6. The molecule has 0 bridgehead atoms. The van der Waals surface area contributed by atoms with Crippen LogP contribution in [-0.2, 0) is 14.3 Å². The van der Waals surface area contributed by atoms with Crippen LogP contribution in [0.1, 0.15) is 27.2 Å². The monoisotopic (exact) mass is 437 g/mol. The van der Waals surface area contributed by atoms with E-state index in [9.17, 15) is 14.4 Å². The molecule has 0 radical (unpaired) electrons. The van der Waals surface area contributed by atoms with Crippen LogP contribution in [0.25, 0.3) is 22.1 Å². The summed E-state index contributed by atoms with van der Waals surface area (Å²) in [6.45, 7) is 5.38. The molecule has 32 heavy (non-hydrogen) atoms. The first-order valence-corrected chi connectivity index (χ1v) is 10.5. The lowest BCUT2D eigenvalue weighted by Gasteiger charge is -2.24. The van der Waals surface area contributed by atoms with Gasteiger partial charge in [0.05, 0.1) is 7.11 Å². The van der Waals surface area contributed by atoms with Gasteiger partial charge in [-0.2, -0.15) is 0 Å². The second-order valence-electron chi connectivity index (χ2n) is 7.66. The van der Waals surface area contributed by atoms with Crippen molar-refractivity contribution in [1.29, 1.82) is 0 Å². The molecule has 1 amide bonds. The van der Waals surface area contributed by atoms with Gasteiger partial charge in [-0.05, 0) is 36.1 Å². The molecule has 1 aromatic heterocycles. The largest absolute Gasteiger partial charge is 0.481 e. The Morgan fingerprint density at radius 2 is 1.78 bits per heavy atom. The van der Waals surface area contributed by atoms with Crippen molar-refractivity contribution in [2.24, 2.45) is 5.92 Å². The fourth-order valence-corrected chi connectivity index (χ4v) is 3.40. The summed E-state index contributed by atoms with van der Waals surface area (Å²) in [5.41, 5.74) is 1.52. The number of carbonyl (C=O) groups excluding carboxylic acids is 2. The molecule has 1 N–H and O–H groups in total. The molecule has 7 nitrogen and oxygen atoms in total. The lowest BCUT2D eigenvalue weighted by Crippen LogP contribution is -2.49. The number of methoxy groups -OCH3 is 1. The average Bonchev–Trinajstić information content (AvgIpc) is 2.81. The Hall–Kier alpha value is -3.61. The van der Waals surface area contributed by atoms with Crippen molar-refractivity contribution in [3.05, 3.63) is 65.0 Å². The van der Waals surface area contributed by atoms with Gasteiger partial charge in [0.1, 0.15) is 17.4 Å². The third-order valence-corrected chi connectivity index (χ3v) is 5.45. The normalized spacial score (nSPS) is 13.8. The predicted molar refractivity (Wildman–Crippen MR) is 121 cm³/mol. The average molecular weight is 437 g/mol. The Kier molecular flexibility index (Phi) is 7.30. The highest BCUT2D eigenvalue weighted by molar-refractivity contribution is 5.94. The van der Waals surface area contributed by atoms with Crippen LogP contribution < -0.4 is 15.7 Å². The highest BCUT2D eigenvalue weighted by Crippen LogP contribution is 2.29.